The van der Waals surface area contributed by atoms with Crippen molar-refractivity contribution in [2.45, 2.75) is 38.4 Å². The molecule has 0 unspecified atom stereocenters. The summed E-state index contributed by atoms with van der Waals surface area (Å²) in [5.41, 5.74) is 0.693. The van der Waals surface area contributed by atoms with Gasteiger partial charge in [-0.25, -0.2) is 4.68 Å². The molecule has 0 aliphatic carbocycles. The van der Waals surface area contributed by atoms with Gasteiger partial charge >= 0.3 is 0 Å². The summed E-state index contributed by atoms with van der Waals surface area (Å²) in [5.74, 6) is -0.0996. The maximum absolute atomic E-state index is 12.5. The van der Waals surface area contributed by atoms with Gasteiger partial charge in [-0.15, -0.1) is 0 Å². The summed E-state index contributed by atoms with van der Waals surface area (Å²) in [5, 5.41) is 6.37. The van der Waals surface area contributed by atoms with Crippen molar-refractivity contribution in [2.24, 2.45) is 0 Å². The van der Waals surface area contributed by atoms with Crippen molar-refractivity contribution >= 4 is 16.7 Å². The molecular weight excluding hydrogens is 380 g/mol. The molecule has 0 atom stereocenters. The van der Waals surface area contributed by atoms with Crippen LogP contribution in [0, 0.1) is 0 Å². The van der Waals surface area contributed by atoms with Crippen molar-refractivity contribution in [3.8, 4) is 0 Å². The highest BCUT2D eigenvalue weighted by molar-refractivity contribution is 5.80. The van der Waals surface area contributed by atoms with Crippen molar-refractivity contribution in [1.29, 1.82) is 0 Å². The summed E-state index contributed by atoms with van der Waals surface area (Å²) >= 11 is 0. The van der Waals surface area contributed by atoms with Gasteiger partial charge in [0.1, 0.15) is 0 Å². The van der Waals surface area contributed by atoms with Crippen LogP contribution in [-0.4, -0.2) is 39.7 Å². The topological polar surface area (TPSA) is 87.2 Å². The molecule has 30 heavy (non-hydrogen) atoms. The van der Waals surface area contributed by atoms with Crippen LogP contribution in [0.5, 0.6) is 0 Å². The summed E-state index contributed by atoms with van der Waals surface area (Å²) in [6.45, 7) is 2.96. The predicted octanol–water partition coefficient (Wildman–Crippen LogP) is 1.86. The molecule has 2 heterocycles. The van der Waals surface area contributed by atoms with Crippen LogP contribution in [0.1, 0.15) is 24.8 Å². The molecule has 2 aromatic carbocycles. The molecule has 1 amide bonds. The van der Waals surface area contributed by atoms with E-state index in [9.17, 15) is 14.4 Å². The summed E-state index contributed by atoms with van der Waals surface area (Å²) in [6.07, 6.45) is 1.97. The summed E-state index contributed by atoms with van der Waals surface area (Å²) in [4.78, 5) is 39.5. The fraction of sp³-hybridized carbons (Fsp3) is 0.348. The number of aromatic nitrogens is 2. The molecule has 0 spiro atoms. The molecule has 156 valence electrons. The van der Waals surface area contributed by atoms with Crippen LogP contribution in [0.4, 0.5) is 0 Å². The number of hydrogen-bond acceptors (Lipinski definition) is 4. The van der Waals surface area contributed by atoms with E-state index in [1.165, 1.54) is 10.2 Å². The fourth-order valence-corrected chi connectivity index (χ4v) is 3.99. The number of hydrogen-bond donors (Lipinski definition) is 2. The monoisotopic (exact) mass is 406 g/mol. The Morgan fingerprint density at radius 3 is 2.37 bits per heavy atom. The summed E-state index contributed by atoms with van der Waals surface area (Å²) < 4.78 is 1.23. The lowest BCUT2D eigenvalue weighted by Crippen LogP contribution is -2.44. The Kier molecular flexibility index (Phi) is 6.09. The number of benzene rings is 2. The van der Waals surface area contributed by atoms with E-state index in [0.717, 1.165) is 32.5 Å². The highest BCUT2D eigenvalue weighted by atomic mass is 16.2. The molecule has 2 N–H and O–H groups in total. The number of aryl methyl sites for hydroxylation is 1. The molecule has 3 aromatic rings. The fourth-order valence-electron chi connectivity index (χ4n) is 3.99. The van der Waals surface area contributed by atoms with Gasteiger partial charge in [0.05, 0.1) is 17.3 Å². The van der Waals surface area contributed by atoms with Crippen LogP contribution in [0.2, 0.25) is 0 Å². The molecule has 0 radical (unpaired) electrons. The van der Waals surface area contributed by atoms with Crippen molar-refractivity contribution in [3.63, 3.8) is 0 Å². The Bertz CT molecular complexity index is 1130. The second-order valence-electron chi connectivity index (χ2n) is 7.80. The maximum atomic E-state index is 12.5. The van der Waals surface area contributed by atoms with Crippen LogP contribution in [0.25, 0.3) is 10.8 Å². The lowest BCUT2D eigenvalue weighted by molar-refractivity contribution is -0.122. The molecule has 0 bridgehead atoms. The minimum atomic E-state index is -0.323. The van der Waals surface area contributed by atoms with Crippen molar-refractivity contribution in [1.82, 2.24) is 20.0 Å². The zero-order chi connectivity index (χ0) is 20.9. The van der Waals surface area contributed by atoms with Crippen molar-refractivity contribution < 1.29 is 4.79 Å². The first kappa shape index (κ1) is 20.1. The van der Waals surface area contributed by atoms with Gasteiger partial charge in [0.2, 0.25) is 5.91 Å². The standard InChI is InChI=1S/C23H26N4O3/c28-21(12-15-27-23(30)20-9-5-4-8-19(20)22(29)25-27)24-18-10-13-26(14-11-18)16-17-6-2-1-3-7-17/h1-9,18H,10-16H2,(H,24,28)(H,25,29). The van der Waals surface area contributed by atoms with Gasteiger partial charge in [-0.05, 0) is 30.5 Å². The molecule has 0 saturated carbocycles. The summed E-state index contributed by atoms with van der Waals surface area (Å²) in [6, 6.07) is 17.2. The normalized spacial score (nSPS) is 15.3. The average molecular weight is 406 g/mol. The largest absolute Gasteiger partial charge is 0.353 e. The third-order valence-electron chi connectivity index (χ3n) is 5.65. The van der Waals surface area contributed by atoms with E-state index in [1.807, 2.05) is 6.07 Å². The minimum absolute atomic E-state index is 0.0996. The summed E-state index contributed by atoms with van der Waals surface area (Å²) in [7, 11) is 0. The van der Waals surface area contributed by atoms with Gasteiger partial charge in [-0.3, -0.25) is 24.4 Å². The van der Waals surface area contributed by atoms with Gasteiger partial charge in [0.25, 0.3) is 11.1 Å². The molecule has 1 saturated heterocycles. The van der Waals surface area contributed by atoms with Crippen LogP contribution < -0.4 is 16.4 Å². The third-order valence-corrected chi connectivity index (χ3v) is 5.65. The van der Waals surface area contributed by atoms with Gasteiger partial charge in [0.15, 0.2) is 0 Å². The van der Waals surface area contributed by atoms with E-state index < -0.39 is 0 Å². The van der Waals surface area contributed by atoms with E-state index in [1.54, 1.807) is 24.3 Å². The highest BCUT2D eigenvalue weighted by Gasteiger charge is 2.20. The number of H-pyrrole nitrogens is 1. The number of carbonyl (C=O) groups excluding carboxylic acids is 1. The molecule has 1 aromatic heterocycles. The second kappa shape index (κ2) is 9.09. The zero-order valence-corrected chi connectivity index (χ0v) is 16.8. The molecular formula is C23H26N4O3. The quantitative estimate of drug-likeness (QED) is 0.654. The number of aromatic amines is 1. The minimum Gasteiger partial charge on any atom is -0.353 e. The molecule has 4 rings (SSSR count). The number of carbonyl (C=O) groups is 1. The number of piperidine rings is 1. The third kappa shape index (κ3) is 4.68. The second-order valence-corrected chi connectivity index (χ2v) is 7.80. The molecule has 7 heteroatoms. The number of rotatable bonds is 6. The van der Waals surface area contributed by atoms with E-state index in [-0.39, 0.29) is 36.0 Å². The Balaban J connectivity index is 1.28. The first-order chi connectivity index (χ1) is 14.6. The zero-order valence-electron chi connectivity index (χ0n) is 16.8. The van der Waals surface area contributed by atoms with Gasteiger partial charge in [-0.2, -0.15) is 0 Å². The van der Waals surface area contributed by atoms with E-state index >= 15 is 0 Å². The Morgan fingerprint density at radius 2 is 1.63 bits per heavy atom. The smallest absolute Gasteiger partial charge is 0.273 e. The number of likely N-dealkylation sites (tertiary alicyclic amines) is 1. The van der Waals surface area contributed by atoms with E-state index in [0.29, 0.717) is 10.8 Å². The van der Waals surface area contributed by atoms with Crippen LogP contribution >= 0.6 is 0 Å². The Hall–Kier alpha value is -3.19. The number of nitrogens with zero attached hydrogens (tertiary/aromatic N) is 2. The van der Waals surface area contributed by atoms with Crippen molar-refractivity contribution in [2.75, 3.05) is 13.1 Å². The molecule has 7 nitrogen and oxygen atoms in total. The SMILES string of the molecule is O=C(CCn1[nH]c(=O)c2ccccc2c1=O)NC1CCN(Cc2ccccc2)CC1. The van der Waals surface area contributed by atoms with Gasteiger partial charge < -0.3 is 5.32 Å². The number of fused-ring (bicyclic) bond motifs is 1. The molecule has 1 aliphatic heterocycles. The van der Waals surface area contributed by atoms with Gasteiger partial charge in [-0.1, -0.05) is 42.5 Å². The highest BCUT2D eigenvalue weighted by Crippen LogP contribution is 2.14. The Labute approximate surface area is 174 Å². The Morgan fingerprint density at radius 1 is 0.967 bits per heavy atom. The first-order valence-electron chi connectivity index (χ1n) is 10.4. The van der Waals surface area contributed by atoms with Crippen molar-refractivity contribution in [3.05, 3.63) is 80.9 Å². The lowest BCUT2D eigenvalue weighted by atomic mass is 10.0. The lowest BCUT2D eigenvalue weighted by Gasteiger charge is -2.32. The van der Waals surface area contributed by atoms with Crippen LogP contribution in [0.3, 0.4) is 0 Å². The van der Waals surface area contributed by atoms with Gasteiger partial charge in [0, 0.05) is 32.1 Å². The number of nitrogens with one attached hydrogen (secondary N) is 2. The average Bonchev–Trinajstić information content (AvgIpc) is 2.77. The molecule has 1 aliphatic rings. The first-order valence-corrected chi connectivity index (χ1v) is 10.4. The van der Waals surface area contributed by atoms with Crippen LogP contribution in [-0.2, 0) is 17.9 Å². The van der Waals surface area contributed by atoms with E-state index in [4.69, 9.17) is 0 Å². The maximum Gasteiger partial charge on any atom is 0.273 e. The molecule has 1 fully saturated rings. The number of amides is 1. The predicted molar refractivity (Wildman–Crippen MR) is 116 cm³/mol. The van der Waals surface area contributed by atoms with E-state index in [2.05, 4.69) is 39.6 Å². The van der Waals surface area contributed by atoms with Crippen LogP contribution in [0.15, 0.2) is 64.2 Å².